The molecule has 150 valence electrons. The first-order valence-corrected chi connectivity index (χ1v) is 9.41. The topological polar surface area (TPSA) is 91.4 Å². The number of hydrogen-bond acceptors (Lipinski definition) is 6. The van der Waals surface area contributed by atoms with E-state index in [4.69, 9.17) is 14.0 Å². The lowest BCUT2D eigenvalue weighted by Gasteiger charge is -2.08. The summed E-state index contributed by atoms with van der Waals surface area (Å²) in [5.41, 5.74) is 3.26. The van der Waals surface area contributed by atoms with Gasteiger partial charge in [-0.2, -0.15) is 4.98 Å². The third-order valence-corrected chi connectivity index (χ3v) is 4.72. The van der Waals surface area contributed by atoms with E-state index in [-0.39, 0.29) is 19.2 Å². The van der Waals surface area contributed by atoms with Crippen LogP contribution in [0.25, 0.3) is 23.0 Å². The fraction of sp³-hybridized carbons (Fsp3) is 0.136. The van der Waals surface area contributed by atoms with Crippen LogP contribution in [-0.4, -0.2) is 27.4 Å². The number of rotatable bonds is 5. The van der Waals surface area contributed by atoms with Gasteiger partial charge in [0, 0.05) is 17.4 Å². The summed E-state index contributed by atoms with van der Waals surface area (Å²) in [6, 6.07) is 16.8. The van der Waals surface area contributed by atoms with Crippen molar-refractivity contribution in [3.8, 4) is 34.5 Å². The molecule has 30 heavy (non-hydrogen) atoms. The number of aryl methyl sites for hydroxylation is 1. The molecule has 2 aromatic heterocycles. The minimum Gasteiger partial charge on any atom is -0.454 e. The summed E-state index contributed by atoms with van der Waals surface area (Å²) >= 11 is 0. The molecule has 1 amide bonds. The van der Waals surface area contributed by atoms with Gasteiger partial charge in [-0.1, -0.05) is 17.3 Å². The summed E-state index contributed by atoms with van der Waals surface area (Å²) < 4.78 is 17.9. The van der Waals surface area contributed by atoms with Crippen molar-refractivity contribution >= 4 is 11.6 Å². The molecule has 0 saturated carbocycles. The third kappa shape index (κ3) is 3.50. The summed E-state index contributed by atoms with van der Waals surface area (Å²) in [6.07, 6.45) is 1.80. The van der Waals surface area contributed by atoms with Gasteiger partial charge in [-0.3, -0.25) is 4.79 Å². The Labute approximate surface area is 172 Å². The van der Waals surface area contributed by atoms with Gasteiger partial charge in [0.15, 0.2) is 11.5 Å². The van der Waals surface area contributed by atoms with Crippen LogP contribution in [0, 0.1) is 6.92 Å². The maximum absolute atomic E-state index is 12.5. The molecule has 1 N–H and O–H groups in total. The Bertz CT molecular complexity index is 1230. The van der Waals surface area contributed by atoms with E-state index in [0.717, 1.165) is 16.8 Å². The van der Waals surface area contributed by atoms with Gasteiger partial charge in [-0.15, -0.1) is 0 Å². The second kappa shape index (κ2) is 7.40. The van der Waals surface area contributed by atoms with Gasteiger partial charge in [-0.05, 0) is 55.0 Å². The SMILES string of the molecule is Cc1cccc(NC(=O)Cn2cccc2-c2nc(-c3ccc4c(c3)OCO4)no2)c1. The van der Waals surface area contributed by atoms with Crippen LogP contribution in [-0.2, 0) is 11.3 Å². The number of carbonyl (C=O) groups is 1. The number of amides is 1. The van der Waals surface area contributed by atoms with Crippen molar-refractivity contribution in [2.24, 2.45) is 0 Å². The average molecular weight is 402 g/mol. The molecule has 8 nitrogen and oxygen atoms in total. The van der Waals surface area contributed by atoms with Gasteiger partial charge >= 0.3 is 0 Å². The number of ether oxygens (including phenoxy) is 2. The van der Waals surface area contributed by atoms with Gasteiger partial charge in [-0.25, -0.2) is 0 Å². The van der Waals surface area contributed by atoms with Gasteiger partial charge in [0.05, 0.1) is 0 Å². The number of anilines is 1. The summed E-state index contributed by atoms with van der Waals surface area (Å²) in [7, 11) is 0. The number of nitrogens with zero attached hydrogens (tertiary/aromatic N) is 3. The molecule has 5 rings (SSSR count). The number of nitrogens with one attached hydrogen (secondary N) is 1. The monoisotopic (exact) mass is 402 g/mol. The summed E-state index contributed by atoms with van der Waals surface area (Å²) in [6.45, 7) is 2.30. The highest BCUT2D eigenvalue weighted by molar-refractivity contribution is 5.90. The van der Waals surface area contributed by atoms with E-state index in [0.29, 0.717) is 28.9 Å². The Kier molecular flexibility index (Phi) is 4.44. The second-order valence-electron chi connectivity index (χ2n) is 6.93. The molecular formula is C22H18N4O4. The molecule has 3 heterocycles. The lowest BCUT2D eigenvalue weighted by Crippen LogP contribution is -2.18. The van der Waals surface area contributed by atoms with Crippen LogP contribution in [0.1, 0.15) is 5.56 Å². The zero-order valence-corrected chi connectivity index (χ0v) is 16.2. The molecular weight excluding hydrogens is 384 g/mol. The van der Waals surface area contributed by atoms with Gasteiger partial charge in [0.25, 0.3) is 5.89 Å². The fourth-order valence-electron chi connectivity index (χ4n) is 3.30. The Balaban J connectivity index is 1.34. The highest BCUT2D eigenvalue weighted by Crippen LogP contribution is 2.35. The van der Waals surface area contributed by atoms with Crippen molar-refractivity contribution in [2.45, 2.75) is 13.5 Å². The van der Waals surface area contributed by atoms with Crippen LogP contribution in [0.15, 0.2) is 65.3 Å². The highest BCUT2D eigenvalue weighted by atomic mass is 16.7. The molecule has 0 spiro atoms. The van der Waals surface area contributed by atoms with Crippen molar-refractivity contribution in [2.75, 3.05) is 12.1 Å². The van der Waals surface area contributed by atoms with Gasteiger partial charge in [0.1, 0.15) is 12.2 Å². The Morgan fingerprint density at radius 3 is 2.90 bits per heavy atom. The molecule has 4 aromatic rings. The summed E-state index contributed by atoms with van der Waals surface area (Å²) in [5, 5.41) is 6.97. The minimum absolute atomic E-state index is 0.123. The van der Waals surface area contributed by atoms with Gasteiger partial charge in [0.2, 0.25) is 18.5 Å². The lowest BCUT2D eigenvalue weighted by atomic mass is 10.2. The molecule has 2 aromatic carbocycles. The maximum Gasteiger partial charge on any atom is 0.274 e. The molecule has 1 aliphatic heterocycles. The fourth-order valence-corrected chi connectivity index (χ4v) is 3.30. The number of fused-ring (bicyclic) bond motifs is 1. The molecule has 0 bridgehead atoms. The predicted octanol–water partition coefficient (Wildman–Crippen LogP) is 3.88. The van der Waals surface area contributed by atoms with E-state index in [9.17, 15) is 4.79 Å². The maximum atomic E-state index is 12.5. The van der Waals surface area contributed by atoms with Crippen LogP contribution >= 0.6 is 0 Å². The average Bonchev–Trinajstić information content (AvgIpc) is 3.47. The number of benzene rings is 2. The van der Waals surface area contributed by atoms with Crippen molar-refractivity contribution in [1.82, 2.24) is 14.7 Å². The van der Waals surface area contributed by atoms with Crippen molar-refractivity contribution < 1.29 is 18.8 Å². The molecule has 0 aliphatic carbocycles. The first-order chi connectivity index (χ1) is 14.7. The molecule has 0 fully saturated rings. The largest absolute Gasteiger partial charge is 0.454 e. The molecule has 1 aliphatic rings. The second-order valence-corrected chi connectivity index (χ2v) is 6.93. The van der Waals surface area contributed by atoms with Crippen molar-refractivity contribution in [3.05, 3.63) is 66.4 Å². The Morgan fingerprint density at radius 1 is 1.10 bits per heavy atom. The van der Waals surface area contributed by atoms with Crippen LogP contribution in [0.2, 0.25) is 0 Å². The molecule has 0 saturated heterocycles. The quantitative estimate of drug-likeness (QED) is 0.545. The highest BCUT2D eigenvalue weighted by Gasteiger charge is 2.19. The van der Waals surface area contributed by atoms with E-state index >= 15 is 0 Å². The Hall–Kier alpha value is -4.07. The first kappa shape index (κ1) is 18.0. The minimum atomic E-state index is -0.145. The van der Waals surface area contributed by atoms with E-state index in [2.05, 4.69) is 15.5 Å². The van der Waals surface area contributed by atoms with Crippen LogP contribution in [0.3, 0.4) is 0 Å². The van der Waals surface area contributed by atoms with Crippen LogP contribution in [0.5, 0.6) is 11.5 Å². The first-order valence-electron chi connectivity index (χ1n) is 9.41. The van der Waals surface area contributed by atoms with Gasteiger partial charge < -0.3 is 23.9 Å². The zero-order valence-electron chi connectivity index (χ0n) is 16.2. The standard InChI is InChI=1S/C22H18N4O4/c1-14-4-2-5-16(10-14)23-20(27)12-26-9-3-6-17(26)22-24-21(25-30-22)15-7-8-18-19(11-15)29-13-28-18/h2-11H,12-13H2,1H3,(H,23,27). The lowest BCUT2D eigenvalue weighted by molar-refractivity contribution is -0.116. The van der Waals surface area contributed by atoms with E-state index in [1.165, 1.54) is 0 Å². The summed E-state index contributed by atoms with van der Waals surface area (Å²) in [5.74, 6) is 1.95. The molecule has 0 atom stereocenters. The number of aromatic nitrogens is 3. The molecule has 0 unspecified atom stereocenters. The van der Waals surface area contributed by atoms with E-state index < -0.39 is 0 Å². The van der Waals surface area contributed by atoms with E-state index in [1.54, 1.807) is 10.8 Å². The normalized spacial score (nSPS) is 12.2. The molecule has 8 heteroatoms. The predicted molar refractivity (Wildman–Crippen MR) is 109 cm³/mol. The van der Waals surface area contributed by atoms with Crippen molar-refractivity contribution in [1.29, 1.82) is 0 Å². The Morgan fingerprint density at radius 2 is 2.00 bits per heavy atom. The van der Waals surface area contributed by atoms with Crippen LogP contribution in [0.4, 0.5) is 5.69 Å². The molecule has 0 radical (unpaired) electrons. The number of hydrogen-bond donors (Lipinski definition) is 1. The number of carbonyl (C=O) groups excluding carboxylic acids is 1. The zero-order chi connectivity index (χ0) is 20.5. The van der Waals surface area contributed by atoms with E-state index in [1.807, 2.05) is 61.5 Å². The third-order valence-electron chi connectivity index (χ3n) is 4.72. The van der Waals surface area contributed by atoms with Crippen molar-refractivity contribution in [3.63, 3.8) is 0 Å². The van der Waals surface area contributed by atoms with Crippen LogP contribution < -0.4 is 14.8 Å². The smallest absolute Gasteiger partial charge is 0.274 e. The summed E-state index contributed by atoms with van der Waals surface area (Å²) in [4.78, 5) is 17.0.